The van der Waals surface area contributed by atoms with Crippen LogP contribution in [0, 0.1) is 0 Å². The monoisotopic (exact) mass is 439 g/mol. The lowest BCUT2D eigenvalue weighted by Gasteiger charge is -2.21. The van der Waals surface area contributed by atoms with Crippen LogP contribution in [0.25, 0.3) is 0 Å². The van der Waals surface area contributed by atoms with E-state index < -0.39 is 24.1 Å². The number of benzene rings is 2. The van der Waals surface area contributed by atoms with Crippen LogP contribution < -0.4 is 22.1 Å². The molecule has 170 valence electrons. The molecule has 9 heteroatoms. The maximum atomic E-state index is 12.9. The van der Waals surface area contributed by atoms with Crippen LogP contribution in [0.1, 0.15) is 24.0 Å². The molecule has 0 aliphatic heterocycles. The molecule has 0 fully saturated rings. The standard InChI is InChI=1S/C23H29N5O4/c24-22(25)26-13-7-12-19(15-29)27-21(30)20(14-17-8-3-1-4-9-17)28-23(31)32-16-18-10-5-2-6-11-18/h1-6,8-11,15,19-20H,7,12-14,16H2,(H,27,30)(H,28,31)(H4,24,25,26)/t19-,20-/m0/s1. The molecule has 2 atom stereocenters. The average molecular weight is 440 g/mol. The molecule has 2 amide bonds. The minimum atomic E-state index is -0.916. The summed E-state index contributed by atoms with van der Waals surface area (Å²) < 4.78 is 5.24. The third-order valence-electron chi connectivity index (χ3n) is 4.56. The van der Waals surface area contributed by atoms with Gasteiger partial charge in [-0.2, -0.15) is 0 Å². The normalized spacial score (nSPS) is 12.1. The van der Waals surface area contributed by atoms with E-state index in [-0.39, 0.29) is 19.0 Å². The van der Waals surface area contributed by atoms with Crippen LogP contribution in [-0.2, 0) is 27.4 Å². The average Bonchev–Trinajstić information content (AvgIpc) is 2.80. The van der Waals surface area contributed by atoms with Gasteiger partial charge >= 0.3 is 6.09 Å². The SMILES string of the molecule is NC(N)=NCCC[C@@H](C=O)NC(=O)[C@H](Cc1ccccc1)NC(=O)OCc1ccccc1. The molecular formula is C23H29N5O4. The Kier molecular flexibility index (Phi) is 10.2. The zero-order valence-electron chi connectivity index (χ0n) is 17.8. The van der Waals surface area contributed by atoms with Crippen LogP contribution in [0.3, 0.4) is 0 Å². The van der Waals surface area contributed by atoms with Gasteiger partial charge in [-0.05, 0) is 24.0 Å². The highest BCUT2D eigenvalue weighted by molar-refractivity contribution is 5.87. The number of hydrogen-bond donors (Lipinski definition) is 4. The number of nitrogens with zero attached hydrogens (tertiary/aromatic N) is 1. The quantitative estimate of drug-likeness (QED) is 0.169. The molecule has 9 nitrogen and oxygen atoms in total. The molecule has 6 N–H and O–H groups in total. The number of aliphatic imine (C=N–C) groups is 1. The van der Waals surface area contributed by atoms with Crippen LogP contribution in [0.5, 0.6) is 0 Å². The van der Waals surface area contributed by atoms with Crippen molar-refractivity contribution in [3.63, 3.8) is 0 Å². The van der Waals surface area contributed by atoms with Gasteiger partial charge in [-0.3, -0.25) is 9.79 Å². The largest absolute Gasteiger partial charge is 0.445 e. The molecule has 0 unspecified atom stereocenters. The molecule has 2 aromatic carbocycles. The predicted molar refractivity (Wildman–Crippen MR) is 122 cm³/mol. The van der Waals surface area contributed by atoms with Crippen LogP contribution in [0.2, 0.25) is 0 Å². The summed E-state index contributed by atoms with van der Waals surface area (Å²) in [5.74, 6) is -0.512. The first-order valence-corrected chi connectivity index (χ1v) is 10.3. The molecule has 2 rings (SSSR count). The summed E-state index contributed by atoms with van der Waals surface area (Å²) in [6.45, 7) is 0.425. The van der Waals surface area contributed by atoms with E-state index in [2.05, 4.69) is 15.6 Å². The van der Waals surface area contributed by atoms with E-state index in [0.29, 0.717) is 25.7 Å². The molecule has 0 saturated heterocycles. The summed E-state index contributed by atoms with van der Waals surface area (Å²) in [6.07, 6.45) is 1.05. The minimum Gasteiger partial charge on any atom is -0.445 e. The number of aldehydes is 1. The van der Waals surface area contributed by atoms with Crippen LogP contribution in [0.4, 0.5) is 4.79 Å². The zero-order chi connectivity index (χ0) is 23.2. The number of carbonyl (C=O) groups is 3. The fourth-order valence-electron chi connectivity index (χ4n) is 2.94. The van der Waals surface area contributed by atoms with Crippen molar-refractivity contribution < 1.29 is 19.1 Å². The van der Waals surface area contributed by atoms with Gasteiger partial charge in [0.2, 0.25) is 5.91 Å². The molecule has 0 saturated carbocycles. The first kappa shape index (κ1) is 24.4. The Balaban J connectivity index is 1.97. The number of carbonyl (C=O) groups excluding carboxylic acids is 3. The van der Waals surface area contributed by atoms with Gasteiger partial charge in [0.15, 0.2) is 5.96 Å². The van der Waals surface area contributed by atoms with Crippen LogP contribution in [0.15, 0.2) is 65.7 Å². The minimum absolute atomic E-state index is 0.0298. The van der Waals surface area contributed by atoms with Gasteiger partial charge in [0.05, 0.1) is 6.04 Å². The van der Waals surface area contributed by atoms with Crippen molar-refractivity contribution >= 4 is 24.2 Å². The second-order valence-corrected chi connectivity index (χ2v) is 7.15. The Morgan fingerprint density at radius 3 is 2.19 bits per heavy atom. The van der Waals surface area contributed by atoms with Crippen LogP contribution in [-0.4, -0.2) is 42.9 Å². The summed E-state index contributed by atoms with van der Waals surface area (Å²) in [6, 6.07) is 16.8. The Morgan fingerprint density at radius 1 is 0.969 bits per heavy atom. The highest BCUT2D eigenvalue weighted by atomic mass is 16.5. The highest BCUT2D eigenvalue weighted by Crippen LogP contribution is 2.06. The van der Waals surface area contributed by atoms with E-state index >= 15 is 0 Å². The van der Waals surface area contributed by atoms with E-state index in [1.165, 1.54) is 0 Å². The molecule has 0 bridgehead atoms. The smallest absolute Gasteiger partial charge is 0.408 e. The van der Waals surface area contributed by atoms with Gasteiger partial charge in [0, 0.05) is 13.0 Å². The summed E-state index contributed by atoms with van der Waals surface area (Å²) in [7, 11) is 0. The third-order valence-corrected chi connectivity index (χ3v) is 4.56. The Bertz CT molecular complexity index is 886. The molecule has 0 aliphatic rings. The highest BCUT2D eigenvalue weighted by Gasteiger charge is 2.24. The van der Waals surface area contributed by atoms with Crippen molar-refractivity contribution in [2.24, 2.45) is 16.5 Å². The molecule has 32 heavy (non-hydrogen) atoms. The number of alkyl carbamates (subject to hydrolysis) is 1. The van der Waals surface area contributed by atoms with E-state index in [1.54, 1.807) is 0 Å². The fraction of sp³-hybridized carbons (Fsp3) is 0.304. The summed E-state index contributed by atoms with van der Waals surface area (Å²) in [5.41, 5.74) is 12.2. The molecule has 0 heterocycles. The number of ether oxygens (including phenoxy) is 1. The van der Waals surface area contributed by atoms with Gasteiger partial charge in [-0.15, -0.1) is 0 Å². The number of amides is 2. The van der Waals surface area contributed by atoms with Crippen molar-refractivity contribution in [3.05, 3.63) is 71.8 Å². The van der Waals surface area contributed by atoms with Crippen molar-refractivity contribution in [2.75, 3.05) is 6.54 Å². The molecule has 0 spiro atoms. The zero-order valence-corrected chi connectivity index (χ0v) is 17.8. The number of hydrogen-bond acceptors (Lipinski definition) is 5. The van der Waals surface area contributed by atoms with Crippen molar-refractivity contribution in [1.82, 2.24) is 10.6 Å². The molecule has 0 aliphatic carbocycles. The summed E-state index contributed by atoms with van der Waals surface area (Å²) >= 11 is 0. The van der Waals surface area contributed by atoms with Gasteiger partial charge in [-0.25, -0.2) is 4.79 Å². The lowest BCUT2D eigenvalue weighted by molar-refractivity contribution is -0.125. The van der Waals surface area contributed by atoms with Gasteiger partial charge in [-0.1, -0.05) is 60.7 Å². The van der Waals surface area contributed by atoms with E-state index in [1.807, 2.05) is 60.7 Å². The van der Waals surface area contributed by atoms with E-state index in [0.717, 1.165) is 11.1 Å². The molecular weight excluding hydrogens is 410 g/mol. The van der Waals surface area contributed by atoms with Crippen molar-refractivity contribution in [2.45, 2.75) is 38.0 Å². The Morgan fingerprint density at radius 2 is 1.59 bits per heavy atom. The fourth-order valence-corrected chi connectivity index (χ4v) is 2.94. The third kappa shape index (κ3) is 9.29. The van der Waals surface area contributed by atoms with Gasteiger partial charge in [0.1, 0.15) is 18.9 Å². The predicted octanol–water partition coefficient (Wildman–Crippen LogP) is 1.26. The van der Waals surface area contributed by atoms with E-state index in [9.17, 15) is 14.4 Å². The topological polar surface area (TPSA) is 149 Å². The molecule has 0 aromatic heterocycles. The Labute approximate surface area is 187 Å². The van der Waals surface area contributed by atoms with Crippen molar-refractivity contribution in [3.8, 4) is 0 Å². The number of nitrogens with one attached hydrogen (secondary N) is 2. The Hall–Kier alpha value is -3.88. The lowest BCUT2D eigenvalue weighted by atomic mass is 10.0. The molecule has 0 radical (unpaired) electrons. The van der Waals surface area contributed by atoms with Gasteiger partial charge < -0.3 is 31.6 Å². The van der Waals surface area contributed by atoms with Crippen molar-refractivity contribution in [1.29, 1.82) is 0 Å². The van der Waals surface area contributed by atoms with E-state index in [4.69, 9.17) is 16.2 Å². The van der Waals surface area contributed by atoms with Crippen LogP contribution >= 0.6 is 0 Å². The second kappa shape index (κ2) is 13.4. The second-order valence-electron chi connectivity index (χ2n) is 7.15. The number of rotatable bonds is 12. The maximum Gasteiger partial charge on any atom is 0.408 e. The first-order valence-electron chi connectivity index (χ1n) is 10.3. The summed E-state index contributed by atoms with van der Waals surface area (Å²) in [5, 5.41) is 5.27. The first-order chi connectivity index (χ1) is 15.5. The maximum absolute atomic E-state index is 12.9. The number of nitrogens with two attached hydrogens (primary N) is 2. The van der Waals surface area contributed by atoms with Gasteiger partial charge in [0.25, 0.3) is 0 Å². The number of guanidine groups is 1. The lowest BCUT2D eigenvalue weighted by Crippen LogP contribution is -2.51. The molecule has 2 aromatic rings. The summed E-state index contributed by atoms with van der Waals surface area (Å²) in [4.78, 5) is 40.5.